The van der Waals surface area contributed by atoms with E-state index in [0.717, 1.165) is 0 Å². The van der Waals surface area contributed by atoms with Crippen LogP contribution in [0.3, 0.4) is 0 Å². The van der Waals surface area contributed by atoms with Crippen molar-refractivity contribution in [3.05, 3.63) is 34.4 Å². The number of alkyl halides is 2. The van der Waals surface area contributed by atoms with Crippen LogP contribution in [0.5, 0.6) is 0 Å². The molecule has 0 bridgehead atoms. The Bertz CT molecular complexity index is 312. The van der Waals surface area contributed by atoms with E-state index in [-0.39, 0.29) is 5.56 Å². The molecule has 0 amide bonds. The molecular formula is C10H12F2O2. The fourth-order valence-electron chi connectivity index (χ4n) is 1.54. The molecule has 1 aromatic carbocycles. The molecule has 0 aromatic heterocycles. The molecule has 0 heterocycles. The highest BCUT2D eigenvalue weighted by atomic mass is 19.3. The number of benzene rings is 1. The predicted octanol–water partition coefficient (Wildman–Crippen LogP) is 2.22. The lowest BCUT2D eigenvalue weighted by molar-refractivity contribution is -0.0434. The third kappa shape index (κ3) is 2.08. The third-order valence-corrected chi connectivity index (χ3v) is 2.13. The summed E-state index contributed by atoms with van der Waals surface area (Å²) in [6, 6.07) is 2.54. The number of halogens is 2. The van der Waals surface area contributed by atoms with E-state index >= 15 is 0 Å². The third-order valence-electron chi connectivity index (χ3n) is 2.13. The fraction of sp³-hybridized carbons (Fsp3) is 0.400. The van der Waals surface area contributed by atoms with Crippen LogP contribution in [0.15, 0.2) is 12.1 Å². The summed E-state index contributed by atoms with van der Waals surface area (Å²) in [6.45, 7) is 3.15. The summed E-state index contributed by atoms with van der Waals surface area (Å²) < 4.78 is 24.7. The first kappa shape index (κ1) is 11.1. The van der Waals surface area contributed by atoms with Gasteiger partial charge in [-0.15, -0.1) is 0 Å². The molecule has 78 valence electrons. The molecule has 1 rings (SSSR count). The summed E-state index contributed by atoms with van der Waals surface area (Å²) in [5, 5.41) is 18.0. The summed E-state index contributed by atoms with van der Waals surface area (Å²) in [6.07, 6.45) is -4.14. The lowest BCUT2D eigenvalue weighted by atomic mass is 9.99. The van der Waals surface area contributed by atoms with E-state index in [1.165, 1.54) is 12.1 Å². The van der Waals surface area contributed by atoms with Crippen LogP contribution in [0.2, 0.25) is 0 Å². The highest BCUT2D eigenvalue weighted by Gasteiger charge is 2.14. The van der Waals surface area contributed by atoms with Crippen LogP contribution in [-0.2, 0) is 0 Å². The van der Waals surface area contributed by atoms with Crippen molar-refractivity contribution in [2.45, 2.75) is 26.6 Å². The van der Waals surface area contributed by atoms with Gasteiger partial charge in [-0.05, 0) is 37.1 Å². The monoisotopic (exact) mass is 202 g/mol. The predicted molar refractivity (Wildman–Crippen MR) is 48.1 cm³/mol. The Morgan fingerprint density at radius 2 is 1.50 bits per heavy atom. The van der Waals surface area contributed by atoms with E-state index in [4.69, 9.17) is 10.2 Å². The Labute approximate surface area is 80.8 Å². The van der Waals surface area contributed by atoms with Gasteiger partial charge >= 0.3 is 0 Å². The first-order valence-corrected chi connectivity index (χ1v) is 4.18. The van der Waals surface area contributed by atoms with E-state index < -0.39 is 12.7 Å². The molecule has 0 aliphatic carbocycles. The van der Waals surface area contributed by atoms with Crippen molar-refractivity contribution in [2.75, 3.05) is 0 Å². The van der Waals surface area contributed by atoms with E-state index in [2.05, 4.69) is 0 Å². The van der Waals surface area contributed by atoms with Crippen LogP contribution in [0.25, 0.3) is 0 Å². The van der Waals surface area contributed by atoms with Crippen molar-refractivity contribution in [1.29, 1.82) is 0 Å². The summed E-state index contributed by atoms with van der Waals surface area (Å²) in [5.74, 6) is 0. The minimum atomic E-state index is -2.53. The number of hydrogen-bond donors (Lipinski definition) is 2. The first-order valence-electron chi connectivity index (χ1n) is 4.18. The average molecular weight is 202 g/mol. The molecule has 0 saturated carbocycles. The molecule has 0 spiro atoms. The second-order valence-corrected chi connectivity index (χ2v) is 3.24. The number of aliphatic hydroxyl groups excluding tert-OH is 1. The Morgan fingerprint density at radius 1 is 1.07 bits per heavy atom. The lowest BCUT2D eigenvalue weighted by Gasteiger charge is -2.13. The van der Waals surface area contributed by atoms with E-state index in [0.29, 0.717) is 16.7 Å². The van der Waals surface area contributed by atoms with Gasteiger partial charge in [0.25, 0.3) is 6.43 Å². The lowest BCUT2D eigenvalue weighted by Crippen LogP contribution is -2.03. The number of rotatable bonds is 2. The van der Waals surface area contributed by atoms with Crippen LogP contribution in [0, 0.1) is 13.8 Å². The van der Waals surface area contributed by atoms with Gasteiger partial charge in [-0.1, -0.05) is 0 Å². The molecule has 0 aliphatic heterocycles. The smallest absolute Gasteiger partial charge is 0.263 e. The Balaban J connectivity index is 3.25. The van der Waals surface area contributed by atoms with Crippen molar-refractivity contribution in [1.82, 2.24) is 0 Å². The molecule has 0 unspecified atom stereocenters. The molecule has 2 N–H and O–H groups in total. The first-order chi connectivity index (χ1) is 6.43. The van der Waals surface area contributed by atoms with Crippen LogP contribution in [0.1, 0.15) is 35.0 Å². The molecule has 4 heteroatoms. The van der Waals surface area contributed by atoms with Crippen molar-refractivity contribution < 1.29 is 19.0 Å². The number of hydrogen-bond acceptors (Lipinski definition) is 2. The van der Waals surface area contributed by atoms with E-state index in [9.17, 15) is 8.78 Å². The minimum Gasteiger partial charge on any atom is -0.364 e. The van der Waals surface area contributed by atoms with Crippen molar-refractivity contribution in [3.63, 3.8) is 0 Å². The van der Waals surface area contributed by atoms with Gasteiger partial charge in [0.1, 0.15) is 0 Å². The van der Waals surface area contributed by atoms with Crippen molar-refractivity contribution in [2.24, 2.45) is 0 Å². The zero-order chi connectivity index (χ0) is 10.9. The molecule has 0 radical (unpaired) electrons. The maximum atomic E-state index is 12.3. The second kappa shape index (κ2) is 4.02. The summed E-state index contributed by atoms with van der Waals surface area (Å²) in [4.78, 5) is 0. The molecule has 0 fully saturated rings. The van der Waals surface area contributed by atoms with Crippen LogP contribution in [0.4, 0.5) is 8.78 Å². The van der Waals surface area contributed by atoms with Gasteiger partial charge in [0.15, 0.2) is 6.29 Å². The summed E-state index contributed by atoms with van der Waals surface area (Å²) >= 11 is 0. The normalized spacial score (nSPS) is 11.4. The van der Waals surface area contributed by atoms with Crippen LogP contribution < -0.4 is 0 Å². The van der Waals surface area contributed by atoms with E-state index in [1.807, 2.05) is 0 Å². The summed E-state index contributed by atoms with van der Waals surface area (Å²) in [5.41, 5.74) is 1.14. The number of aryl methyl sites for hydroxylation is 2. The van der Waals surface area contributed by atoms with Gasteiger partial charge in [-0.2, -0.15) is 0 Å². The Hall–Kier alpha value is -1.00. The van der Waals surface area contributed by atoms with E-state index in [1.54, 1.807) is 13.8 Å². The van der Waals surface area contributed by atoms with Gasteiger partial charge < -0.3 is 10.2 Å². The zero-order valence-corrected chi connectivity index (χ0v) is 7.96. The molecular weight excluding hydrogens is 190 g/mol. The van der Waals surface area contributed by atoms with Crippen molar-refractivity contribution >= 4 is 0 Å². The zero-order valence-electron chi connectivity index (χ0n) is 7.96. The molecule has 0 saturated heterocycles. The van der Waals surface area contributed by atoms with Gasteiger partial charge in [-0.25, -0.2) is 8.78 Å². The Morgan fingerprint density at radius 3 is 1.79 bits per heavy atom. The number of aliphatic hydroxyl groups is 2. The van der Waals surface area contributed by atoms with Gasteiger partial charge in [0.05, 0.1) is 0 Å². The Kier molecular flexibility index (Phi) is 3.18. The maximum absolute atomic E-state index is 12.3. The van der Waals surface area contributed by atoms with Crippen LogP contribution in [-0.4, -0.2) is 10.2 Å². The average Bonchev–Trinajstić information content (AvgIpc) is 2.01. The maximum Gasteiger partial charge on any atom is 0.263 e. The summed E-state index contributed by atoms with van der Waals surface area (Å²) in [7, 11) is 0. The van der Waals surface area contributed by atoms with Crippen LogP contribution >= 0.6 is 0 Å². The standard InChI is InChI=1S/C10H12F2O2/c1-5-3-7(9(11)12)4-6(2)8(5)10(13)14/h3-4,9-10,13-14H,1-2H3. The SMILES string of the molecule is Cc1cc(C(F)F)cc(C)c1C(O)O. The van der Waals surface area contributed by atoms with Gasteiger partial charge in [-0.3, -0.25) is 0 Å². The van der Waals surface area contributed by atoms with Gasteiger partial charge in [0.2, 0.25) is 0 Å². The topological polar surface area (TPSA) is 40.5 Å². The molecule has 2 nitrogen and oxygen atoms in total. The molecule has 0 atom stereocenters. The quantitative estimate of drug-likeness (QED) is 0.722. The highest BCUT2D eigenvalue weighted by Crippen LogP contribution is 2.27. The highest BCUT2D eigenvalue weighted by molar-refractivity contribution is 5.38. The largest absolute Gasteiger partial charge is 0.364 e. The molecule has 0 aliphatic rings. The minimum absolute atomic E-state index is 0.0931. The molecule has 14 heavy (non-hydrogen) atoms. The fourth-order valence-corrected chi connectivity index (χ4v) is 1.54. The molecule has 1 aromatic rings. The van der Waals surface area contributed by atoms with Crippen molar-refractivity contribution in [3.8, 4) is 0 Å². The second-order valence-electron chi connectivity index (χ2n) is 3.24. The van der Waals surface area contributed by atoms with Gasteiger partial charge in [0, 0.05) is 11.1 Å².